The molecule has 1 aromatic heterocycles. The van der Waals surface area contributed by atoms with Gasteiger partial charge >= 0.3 is 5.69 Å². The summed E-state index contributed by atoms with van der Waals surface area (Å²) in [6, 6.07) is -0.0383. The molecule has 20 heavy (non-hydrogen) atoms. The van der Waals surface area contributed by atoms with Gasteiger partial charge in [-0.15, -0.1) is 0 Å². The molecule has 0 bridgehead atoms. The first kappa shape index (κ1) is 14.0. The van der Waals surface area contributed by atoms with Gasteiger partial charge in [0.1, 0.15) is 5.69 Å². The summed E-state index contributed by atoms with van der Waals surface area (Å²) in [5.41, 5.74) is 5.67. The van der Waals surface area contributed by atoms with Crippen molar-refractivity contribution in [2.45, 2.75) is 26.3 Å². The first-order valence-corrected chi connectivity index (χ1v) is 6.19. The molecule has 1 atom stereocenters. The molecule has 0 aliphatic carbocycles. The molecule has 2 heterocycles. The fraction of sp³-hybridized carbons (Fsp3) is 0.545. The van der Waals surface area contributed by atoms with Crippen molar-refractivity contribution in [2.24, 2.45) is 0 Å². The van der Waals surface area contributed by atoms with Gasteiger partial charge in [-0.2, -0.15) is 4.98 Å². The van der Waals surface area contributed by atoms with Crippen LogP contribution in [0.4, 0.5) is 17.5 Å². The van der Waals surface area contributed by atoms with Gasteiger partial charge in [-0.3, -0.25) is 14.9 Å². The van der Waals surface area contributed by atoms with Crippen LogP contribution in [0.5, 0.6) is 0 Å². The van der Waals surface area contributed by atoms with Crippen LogP contribution in [0, 0.1) is 17.0 Å². The van der Waals surface area contributed by atoms with Gasteiger partial charge in [-0.05, 0) is 13.3 Å². The third-order valence-corrected chi connectivity index (χ3v) is 3.13. The Morgan fingerprint density at radius 3 is 2.85 bits per heavy atom. The number of hydrogen-bond donors (Lipinski definition) is 2. The zero-order valence-electron chi connectivity index (χ0n) is 11.3. The summed E-state index contributed by atoms with van der Waals surface area (Å²) in [4.78, 5) is 31.3. The molecule has 1 unspecified atom stereocenters. The zero-order chi connectivity index (χ0) is 14.9. The van der Waals surface area contributed by atoms with Crippen LogP contribution in [0.15, 0.2) is 0 Å². The Morgan fingerprint density at radius 1 is 1.55 bits per heavy atom. The summed E-state index contributed by atoms with van der Waals surface area (Å²) in [5.74, 6) is 0.101. The van der Waals surface area contributed by atoms with Gasteiger partial charge in [-0.1, -0.05) is 0 Å². The van der Waals surface area contributed by atoms with Gasteiger partial charge < -0.3 is 16.0 Å². The average Bonchev–Trinajstić information content (AvgIpc) is 2.74. The molecular formula is C11H16N6O3. The standard InChI is InChI=1S/C11H16N6O3/c1-6-9(17(19)20)10(15-11(12)13-6)16-4-3-8(5-16)14-7(2)18/h8H,3-5H2,1-2H3,(H,14,18)(H2,12,13,15). The Hall–Kier alpha value is -2.45. The molecule has 2 rings (SSSR count). The lowest BCUT2D eigenvalue weighted by Gasteiger charge is -2.18. The summed E-state index contributed by atoms with van der Waals surface area (Å²) in [6.07, 6.45) is 0.708. The number of nitrogens with zero attached hydrogens (tertiary/aromatic N) is 4. The third-order valence-electron chi connectivity index (χ3n) is 3.13. The normalized spacial score (nSPS) is 18.1. The number of anilines is 2. The number of nitro groups is 1. The molecule has 9 nitrogen and oxygen atoms in total. The fourth-order valence-corrected chi connectivity index (χ4v) is 2.37. The Kier molecular flexibility index (Phi) is 3.68. The number of carbonyl (C=O) groups is 1. The van der Waals surface area contributed by atoms with E-state index < -0.39 is 4.92 Å². The van der Waals surface area contributed by atoms with Crippen molar-refractivity contribution in [1.29, 1.82) is 0 Å². The number of carbonyl (C=O) groups excluding carboxylic acids is 1. The SMILES string of the molecule is CC(=O)NC1CCN(c2nc(N)nc(C)c2[N+](=O)[O-])C1. The summed E-state index contributed by atoms with van der Waals surface area (Å²) in [5, 5.41) is 14.0. The molecule has 1 fully saturated rings. The lowest BCUT2D eigenvalue weighted by molar-refractivity contribution is -0.385. The Bertz CT molecular complexity index is 561. The van der Waals surface area contributed by atoms with Crippen molar-refractivity contribution in [2.75, 3.05) is 23.7 Å². The van der Waals surface area contributed by atoms with E-state index in [-0.39, 0.29) is 35.1 Å². The number of nitrogen functional groups attached to an aromatic ring is 1. The van der Waals surface area contributed by atoms with Crippen molar-refractivity contribution >= 4 is 23.4 Å². The van der Waals surface area contributed by atoms with E-state index in [1.54, 1.807) is 4.90 Å². The van der Waals surface area contributed by atoms with Crippen molar-refractivity contribution < 1.29 is 9.72 Å². The highest BCUT2D eigenvalue weighted by molar-refractivity contribution is 5.73. The van der Waals surface area contributed by atoms with Crippen molar-refractivity contribution in [1.82, 2.24) is 15.3 Å². The van der Waals surface area contributed by atoms with E-state index >= 15 is 0 Å². The van der Waals surface area contributed by atoms with Gasteiger partial charge in [0.15, 0.2) is 0 Å². The van der Waals surface area contributed by atoms with Gasteiger partial charge in [0.05, 0.1) is 4.92 Å². The zero-order valence-corrected chi connectivity index (χ0v) is 11.3. The summed E-state index contributed by atoms with van der Waals surface area (Å²) < 4.78 is 0. The van der Waals surface area contributed by atoms with E-state index in [0.29, 0.717) is 19.5 Å². The van der Waals surface area contributed by atoms with Gasteiger partial charge in [-0.25, -0.2) is 4.98 Å². The minimum Gasteiger partial charge on any atom is -0.368 e. The van der Waals surface area contributed by atoms with Crippen LogP contribution in [0.1, 0.15) is 19.0 Å². The average molecular weight is 280 g/mol. The summed E-state index contributed by atoms with van der Waals surface area (Å²) >= 11 is 0. The molecule has 1 amide bonds. The van der Waals surface area contributed by atoms with E-state index in [0.717, 1.165) is 0 Å². The van der Waals surface area contributed by atoms with Crippen LogP contribution in [-0.4, -0.2) is 39.9 Å². The molecule has 108 valence electrons. The van der Waals surface area contributed by atoms with E-state index in [1.807, 2.05) is 0 Å². The van der Waals surface area contributed by atoms with E-state index in [1.165, 1.54) is 13.8 Å². The van der Waals surface area contributed by atoms with Gasteiger partial charge in [0.25, 0.3) is 0 Å². The van der Waals surface area contributed by atoms with Gasteiger partial charge in [0, 0.05) is 26.1 Å². The monoisotopic (exact) mass is 280 g/mol. The highest BCUT2D eigenvalue weighted by Gasteiger charge is 2.31. The maximum absolute atomic E-state index is 11.2. The highest BCUT2D eigenvalue weighted by Crippen LogP contribution is 2.31. The fourth-order valence-electron chi connectivity index (χ4n) is 2.37. The smallest absolute Gasteiger partial charge is 0.332 e. The Morgan fingerprint density at radius 2 is 2.25 bits per heavy atom. The molecule has 1 aliphatic rings. The number of aromatic nitrogens is 2. The maximum Gasteiger partial charge on any atom is 0.332 e. The molecular weight excluding hydrogens is 264 g/mol. The van der Waals surface area contributed by atoms with Crippen LogP contribution in [0.25, 0.3) is 0 Å². The Labute approximate surface area is 115 Å². The minimum atomic E-state index is -0.504. The predicted molar refractivity (Wildman–Crippen MR) is 72.3 cm³/mol. The first-order chi connectivity index (χ1) is 9.38. The summed E-state index contributed by atoms with van der Waals surface area (Å²) in [7, 11) is 0. The predicted octanol–water partition coefficient (Wildman–Crippen LogP) is -0.00978. The highest BCUT2D eigenvalue weighted by atomic mass is 16.6. The molecule has 0 radical (unpaired) electrons. The Balaban J connectivity index is 2.29. The third kappa shape index (κ3) is 2.76. The van der Waals surface area contributed by atoms with Crippen molar-refractivity contribution in [3.8, 4) is 0 Å². The molecule has 0 saturated carbocycles. The molecule has 1 aromatic rings. The van der Waals surface area contributed by atoms with Crippen LogP contribution < -0.4 is 16.0 Å². The minimum absolute atomic E-state index is 0.00563. The number of hydrogen-bond acceptors (Lipinski definition) is 7. The van der Waals surface area contributed by atoms with Gasteiger partial charge in [0.2, 0.25) is 17.7 Å². The van der Waals surface area contributed by atoms with Crippen LogP contribution in [0.3, 0.4) is 0 Å². The van der Waals surface area contributed by atoms with Crippen LogP contribution in [-0.2, 0) is 4.79 Å². The van der Waals surface area contributed by atoms with E-state index in [4.69, 9.17) is 5.73 Å². The topological polar surface area (TPSA) is 127 Å². The lowest BCUT2D eigenvalue weighted by Crippen LogP contribution is -2.36. The van der Waals surface area contributed by atoms with Crippen molar-refractivity contribution in [3.63, 3.8) is 0 Å². The summed E-state index contributed by atoms with van der Waals surface area (Å²) in [6.45, 7) is 4.01. The number of aryl methyl sites for hydroxylation is 1. The first-order valence-electron chi connectivity index (χ1n) is 6.19. The molecule has 3 N–H and O–H groups in total. The second-order valence-corrected chi connectivity index (χ2v) is 4.73. The van der Waals surface area contributed by atoms with Crippen molar-refractivity contribution in [3.05, 3.63) is 15.8 Å². The number of amides is 1. The lowest BCUT2D eigenvalue weighted by atomic mass is 10.2. The number of nitrogens with two attached hydrogens (primary N) is 1. The van der Waals surface area contributed by atoms with E-state index in [2.05, 4.69) is 15.3 Å². The molecule has 0 aromatic carbocycles. The quantitative estimate of drug-likeness (QED) is 0.588. The maximum atomic E-state index is 11.2. The largest absolute Gasteiger partial charge is 0.368 e. The second-order valence-electron chi connectivity index (χ2n) is 4.73. The molecule has 0 spiro atoms. The van der Waals surface area contributed by atoms with Crippen LogP contribution in [0.2, 0.25) is 0 Å². The molecule has 1 saturated heterocycles. The van der Waals surface area contributed by atoms with E-state index in [9.17, 15) is 14.9 Å². The number of rotatable bonds is 3. The molecule has 1 aliphatic heterocycles. The second kappa shape index (κ2) is 5.27. The number of nitrogens with one attached hydrogen (secondary N) is 1. The van der Waals surface area contributed by atoms with Crippen LogP contribution >= 0.6 is 0 Å². The molecule has 9 heteroatoms.